The molecule has 1 heteroatoms. The monoisotopic (exact) mass is 239 g/mol. The standard InChI is InChI=1S/C17H21N/c1-2-5-14(6-3-1)7-4-10-18-13-17-12-15-8-9-16(17)11-15/h1-3,5-6,15-18H,8-13H2. The topological polar surface area (TPSA) is 12.0 Å². The predicted octanol–water partition coefficient (Wildman–Crippen LogP) is 3.06. The van der Waals surface area contributed by atoms with E-state index in [0.29, 0.717) is 0 Å². The van der Waals surface area contributed by atoms with Gasteiger partial charge < -0.3 is 5.32 Å². The van der Waals surface area contributed by atoms with Crippen molar-refractivity contribution < 1.29 is 0 Å². The van der Waals surface area contributed by atoms with Gasteiger partial charge in [0.2, 0.25) is 0 Å². The van der Waals surface area contributed by atoms with E-state index in [1.54, 1.807) is 0 Å². The first-order valence-corrected chi connectivity index (χ1v) is 7.16. The van der Waals surface area contributed by atoms with Gasteiger partial charge in [-0.15, -0.1) is 0 Å². The van der Waals surface area contributed by atoms with E-state index in [0.717, 1.165) is 29.9 Å². The summed E-state index contributed by atoms with van der Waals surface area (Å²) in [7, 11) is 0. The molecule has 0 amide bonds. The molecule has 1 nitrogen and oxygen atoms in total. The Bertz CT molecular complexity index is 440. The maximum absolute atomic E-state index is 3.51. The quantitative estimate of drug-likeness (QED) is 0.631. The summed E-state index contributed by atoms with van der Waals surface area (Å²) in [5.41, 5.74) is 1.11. The molecule has 2 saturated carbocycles. The lowest BCUT2D eigenvalue weighted by atomic mass is 9.89. The van der Waals surface area contributed by atoms with Crippen molar-refractivity contribution in [2.24, 2.45) is 17.8 Å². The van der Waals surface area contributed by atoms with Crippen LogP contribution in [0.5, 0.6) is 0 Å². The molecule has 1 aromatic rings. The molecule has 2 bridgehead atoms. The van der Waals surface area contributed by atoms with E-state index in [-0.39, 0.29) is 0 Å². The molecule has 0 aliphatic heterocycles. The molecule has 0 spiro atoms. The second-order valence-electron chi connectivity index (χ2n) is 5.73. The van der Waals surface area contributed by atoms with Crippen LogP contribution in [0.2, 0.25) is 0 Å². The van der Waals surface area contributed by atoms with Crippen LogP contribution in [0.3, 0.4) is 0 Å². The molecule has 2 fully saturated rings. The van der Waals surface area contributed by atoms with Crippen molar-refractivity contribution in [2.75, 3.05) is 13.1 Å². The third-order valence-corrected chi connectivity index (χ3v) is 4.51. The fourth-order valence-electron chi connectivity index (χ4n) is 3.61. The van der Waals surface area contributed by atoms with Crippen molar-refractivity contribution in [1.29, 1.82) is 0 Å². The van der Waals surface area contributed by atoms with Crippen molar-refractivity contribution in [2.45, 2.75) is 25.7 Å². The molecule has 2 aliphatic rings. The van der Waals surface area contributed by atoms with Crippen LogP contribution in [0.1, 0.15) is 31.2 Å². The first kappa shape index (κ1) is 11.8. The van der Waals surface area contributed by atoms with Gasteiger partial charge in [-0.1, -0.05) is 36.5 Å². The average Bonchev–Trinajstić information content (AvgIpc) is 3.02. The van der Waals surface area contributed by atoms with E-state index in [1.165, 1.54) is 32.2 Å². The van der Waals surface area contributed by atoms with Crippen molar-refractivity contribution >= 4 is 0 Å². The lowest BCUT2D eigenvalue weighted by Gasteiger charge is -2.21. The Hall–Kier alpha value is -1.26. The van der Waals surface area contributed by atoms with Gasteiger partial charge in [0.1, 0.15) is 0 Å². The van der Waals surface area contributed by atoms with Gasteiger partial charge in [0, 0.05) is 5.56 Å². The number of fused-ring (bicyclic) bond motifs is 2. The van der Waals surface area contributed by atoms with E-state index in [1.807, 2.05) is 18.2 Å². The molecule has 0 heterocycles. The number of hydrogen-bond acceptors (Lipinski definition) is 1. The minimum Gasteiger partial charge on any atom is -0.306 e. The lowest BCUT2D eigenvalue weighted by Crippen LogP contribution is -2.26. The maximum atomic E-state index is 3.51. The second kappa shape index (κ2) is 5.59. The predicted molar refractivity (Wildman–Crippen MR) is 75.1 cm³/mol. The highest BCUT2D eigenvalue weighted by molar-refractivity contribution is 5.33. The second-order valence-corrected chi connectivity index (χ2v) is 5.73. The number of hydrogen-bond donors (Lipinski definition) is 1. The first-order chi connectivity index (χ1) is 8.92. The Labute approximate surface area is 110 Å². The fourth-order valence-corrected chi connectivity index (χ4v) is 3.61. The molecular formula is C17H21N. The SMILES string of the molecule is C(#Cc1ccccc1)CNCC1CC2CCC1C2. The molecule has 0 radical (unpaired) electrons. The molecule has 18 heavy (non-hydrogen) atoms. The van der Waals surface area contributed by atoms with Crippen LogP contribution in [0.4, 0.5) is 0 Å². The summed E-state index contributed by atoms with van der Waals surface area (Å²) in [6.07, 6.45) is 5.94. The number of nitrogens with one attached hydrogen (secondary N) is 1. The summed E-state index contributed by atoms with van der Waals surface area (Å²) in [6.45, 7) is 1.99. The molecule has 1 N–H and O–H groups in total. The van der Waals surface area contributed by atoms with E-state index < -0.39 is 0 Å². The highest BCUT2D eigenvalue weighted by Gasteiger charge is 2.38. The van der Waals surface area contributed by atoms with Crippen molar-refractivity contribution in [3.63, 3.8) is 0 Å². The Morgan fingerprint density at radius 1 is 1.11 bits per heavy atom. The first-order valence-electron chi connectivity index (χ1n) is 7.16. The summed E-state index contributed by atoms with van der Waals surface area (Å²) < 4.78 is 0. The van der Waals surface area contributed by atoms with Gasteiger partial charge in [0.05, 0.1) is 6.54 Å². The zero-order chi connectivity index (χ0) is 12.2. The van der Waals surface area contributed by atoms with Crippen LogP contribution in [-0.4, -0.2) is 13.1 Å². The summed E-state index contributed by atoms with van der Waals surface area (Å²) in [4.78, 5) is 0. The largest absolute Gasteiger partial charge is 0.306 e. The highest BCUT2D eigenvalue weighted by Crippen LogP contribution is 2.47. The molecule has 3 atom stereocenters. The van der Waals surface area contributed by atoms with Gasteiger partial charge in [0.25, 0.3) is 0 Å². The molecule has 3 unspecified atom stereocenters. The van der Waals surface area contributed by atoms with Crippen LogP contribution >= 0.6 is 0 Å². The molecule has 1 aromatic carbocycles. The van der Waals surface area contributed by atoms with Gasteiger partial charge in [-0.2, -0.15) is 0 Å². The molecule has 0 saturated heterocycles. The van der Waals surface area contributed by atoms with Crippen LogP contribution in [0.15, 0.2) is 30.3 Å². The molecule has 0 aromatic heterocycles. The Morgan fingerprint density at radius 3 is 2.72 bits per heavy atom. The molecule has 94 valence electrons. The summed E-state index contributed by atoms with van der Waals surface area (Å²) in [6, 6.07) is 10.2. The van der Waals surface area contributed by atoms with Crippen LogP contribution in [0, 0.1) is 29.6 Å². The molecule has 3 rings (SSSR count). The van der Waals surface area contributed by atoms with Crippen LogP contribution in [0.25, 0.3) is 0 Å². The van der Waals surface area contributed by atoms with Crippen molar-refractivity contribution in [3.8, 4) is 11.8 Å². The Morgan fingerprint density at radius 2 is 2.00 bits per heavy atom. The smallest absolute Gasteiger partial charge is 0.0580 e. The average molecular weight is 239 g/mol. The Kier molecular flexibility index (Phi) is 3.67. The van der Waals surface area contributed by atoms with Crippen LogP contribution in [-0.2, 0) is 0 Å². The van der Waals surface area contributed by atoms with Gasteiger partial charge in [-0.3, -0.25) is 0 Å². The fraction of sp³-hybridized carbons (Fsp3) is 0.529. The van der Waals surface area contributed by atoms with E-state index >= 15 is 0 Å². The number of rotatable bonds is 3. The normalized spacial score (nSPS) is 29.0. The Balaban J connectivity index is 1.40. The van der Waals surface area contributed by atoms with E-state index in [9.17, 15) is 0 Å². The zero-order valence-electron chi connectivity index (χ0n) is 10.9. The van der Waals surface area contributed by atoms with Crippen molar-refractivity contribution in [1.82, 2.24) is 5.32 Å². The van der Waals surface area contributed by atoms with Gasteiger partial charge in [-0.05, 0) is 55.7 Å². The maximum Gasteiger partial charge on any atom is 0.0580 e. The van der Waals surface area contributed by atoms with Gasteiger partial charge in [-0.25, -0.2) is 0 Å². The number of benzene rings is 1. The third kappa shape index (κ3) is 2.76. The van der Waals surface area contributed by atoms with E-state index in [4.69, 9.17) is 0 Å². The van der Waals surface area contributed by atoms with Gasteiger partial charge in [0.15, 0.2) is 0 Å². The minimum absolute atomic E-state index is 0.822. The summed E-state index contributed by atoms with van der Waals surface area (Å²) in [5, 5.41) is 3.51. The summed E-state index contributed by atoms with van der Waals surface area (Å²) >= 11 is 0. The summed E-state index contributed by atoms with van der Waals surface area (Å²) in [5.74, 6) is 9.40. The van der Waals surface area contributed by atoms with Crippen LogP contribution < -0.4 is 5.32 Å². The van der Waals surface area contributed by atoms with Gasteiger partial charge >= 0.3 is 0 Å². The van der Waals surface area contributed by atoms with Crippen molar-refractivity contribution in [3.05, 3.63) is 35.9 Å². The molecular weight excluding hydrogens is 218 g/mol. The lowest BCUT2D eigenvalue weighted by molar-refractivity contribution is 0.323. The third-order valence-electron chi connectivity index (χ3n) is 4.51. The molecule has 2 aliphatic carbocycles. The minimum atomic E-state index is 0.822. The highest BCUT2D eigenvalue weighted by atomic mass is 14.9. The zero-order valence-corrected chi connectivity index (χ0v) is 10.9. The van der Waals surface area contributed by atoms with E-state index in [2.05, 4.69) is 29.3 Å².